The number of ether oxygens (including phenoxy) is 1. The van der Waals surface area contributed by atoms with Crippen LogP contribution in [0.2, 0.25) is 0 Å². The summed E-state index contributed by atoms with van der Waals surface area (Å²) in [6, 6.07) is 17.9. The Labute approximate surface area is 181 Å². The average Bonchev–Trinajstić information content (AvgIpc) is 3.19. The van der Waals surface area contributed by atoms with Crippen molar-refractivity contribution in [2.24, 2.45) is 0 Å². The van der Waals surface area contributed by atoms with Crippen LogP contribution in [0.15, 0.2) is 60.8 Å². The van der Waals surface area contributed by atoms with Gasteiger partial charge in [-0.05, 0) is 43.2 Å². The van der Waals surface area contributed by atoms with Crippen molar-refractivity contribution in [1.29, 1.82) is 0 Å². The highest BCUT2D eigenvalue weighted by Gasteiger charge is 2.17. The van der Waals surface area contributed by atoms with E-state index in [1.807, 2.05) is 48.1 Å². The average molecular weight is 415 g/mol. The maximum absolute atomic E-state index is 12.9. The van der Waals surface area contributed by atoms with E-state index in [0.29, 0.717) is 18.7 Å². The van der Waals surface area contributed by atoms with Crippen molar-refractivity contribution < 1.29 is 9.53 Å². The van der Waals surface area contributed by atoms with E-state index >= 15 is 0 Å². The number of benzene rings is 2. The number of pyridine rings is 1. The molecule has 0 radical (unpaired) electrons. The second kappa shape index (κ2) is 9.10. The molecule has 158 valence electrons. The highest BCUT2D eigenvalue weighted by Crippen LogP contribution is 2.28. The molecule has 4 rings (SSSR count). The molecule has 4 aromatic rings. The molecule has 0 saturated heterocycles. The highest BCUT2D eigenvalue weighted by atomic mass is 16.5. The van der Waals surface area contributed by atoms with Gasteiger partial charge in [0.25, 0.3) is 5.91 Å². The zero-order valence-corrected chi connectivity index (χ0v) is 18.1. The molecule has 0 aliphatic carbocycles. The summed E-state index contributed by atoms with van der Waals surface area (Å²) in [5, 5.41) is 8.33. The van der Waals surface area contributed by atoms with Gasteiger partial charge in [-0.25, -0.2) is 9.67 Å². The summed E-state index contributed by atoms with van der Waals surface area (Å²) in [7, 11) is 1.61. The van der Waals surface area contributed by atoms with E-state index in [2.05, 4.69) is 41.6 Å². The number of methoxy groups -OCH3 is 1. The number of aryl methyl sites for hydroxylation is 1. The molecular weight excluding hydrogens is 388 g/mol. The molecular formula is C25H26N4O2. The first-order valence-corrected chi connectivity index (χ1v) is 10.4. The second-order valence-corrected chi connectivity index (χ2v) is 7.40. The number of hydrogen-bond acceptors (Lipinski definition) is 4. The first-order valence-electron chi connectivity index (χ1n) is 10.4. The van der Waals surface area contributed by atoms with Crippen molar-refractivity contribution in [2.45, 2.75) is 20.3 Å². The van der Waals surface area contributed by atoms with Crippen LogP contribution in [0.5, 0.6) is 0 Å². The van der Waals surface area contributed by atoms with Crippen molar-refractivity contribution in [3.05, 3.63) is 77.6 Å². The van der Waals surface area contributed by atoms with Crippen LogP contribution in [0.25, 0.3) is 27.8 Å². The Morgan fingerprint density at radius 2 is 1.90 bits per heavy atom. The van der Waals surface area contributed by atoms with Crippen LogP contribution in [0, 0.1) is 6.92 Å². The summed E-state index contributed by atoms with van der Waals surface area (Å²) >= 11 is 0. The number of nitrogens with one attached hydrogen (secondary N) is 1. The van der Waals surface area contributed by atoms with Gasteiger partial charge in [0.15, 0.2) is 0 Å². The van der Waals surface area contributed by atoms with Crippen LogP contribution in [-0.2, 0) is 11.2 Å². The number of amides is 1. The molecule has 0 saturated carbocycles. The van der Waals surface area contributed by atoms with Gasteiger partial charge >= 0.3 is 0 Å². The fourth-order valence-electron chi connectivity index (χ4n) is 3.66. The Hall–Kier alpha value is -3.51. The van der Waals surface area contributed by atoms with Gasteiger partial charge in [-0.1, -0.05) is 37.3 Å². The largest absolute Gasteiger partial charge is 0.383 e. The maximum atomic E-state index is 12.9. The lowest BCUT2D eigenvalue weighted by Gasteiger charge is -2.11. The van der Waals surface area contributed by atoms with Crippen LogP contribution in [0.1, 0.15) is 28.5 Å². The third kappa shape index (κ3) is 4.20. The maximum Gasteiger partial charge on any atom is 0.252 e. The van der Waals surface area contributed by atoms with Gasteiger partial charge in [0.05, 0.1) is 41.0 Å². The Bertz CT molecular complexity index is 1210. The molecule has 0 aliphatic heterocycles. The molecule has 1 N–H and O–H groups in total. The Morgan fingerprint density at radius 3 is 2.65 bits per heavy atom. The standard InChI is InChI=1S/C25H26N4O2/c1-4-18-9-11-19(12-10-18)29-17(2)22(16-27-29)24-15-21(25(30)26-13-14-31-3)20-7-5-6-8-23(20)28-24/h5-12,15-16H,4,13-14H2,1-3H3,(H,26,30). The van der Waals surface area contributed by atoms with Crippen molar-refractivity contribution in [1.82, 2.24) is 20.1 Å². The molecule has 0 aliphatic rings. The molecule has 2 aromatic carbocycles. The first kappa shape index (κ1) is 20.8. The molecule has 0 unspecified atom stereocenters. The fourth-order valence-corrected chi connectivity index (χ4v) is 3.66. The monoisotopic (exact) mass is 414 g/mol. The number of para-hydroxylation sites is 1. The van der Waals surface area contributed by atoms with Crippen LogP contribution in [0.4, 0.5) is 0 Å². The molecule has 2 heterocycles. The van der Waals surface area contributed by atoms with Gasteiger partial charge in [-0.3, -0.25) is 4.79 Å². The number of aromatic nitrogens is 3. The molecule has 6 nitrogen and oxygen atoms in total. The summed E-state index contributed by atoms with van der Waals surface area (Å²) in [6.07, 6.45) is 2.81. The minimum Gasteiger partial charge on any atom is -0.383 e. The topological polar surface area (TPSA) is 69.0 Å². The van der Waals surface area contributed by atoms with E-state index in [0.717, 1.165) is 40.0 Å². The highest BCUT2D eigenvalue weighted by molar-refractivity contribution is 6.07. The Kier molecular flexibility index (Phi) is 6.09. The molecule has 31 heavy (non-hydrogen) atoms. The van der Waals surface area contributed by atoms with E-state index in [-0.39, 0.29) is 5.91 Å². The first-order chi connectivity index (χ1) is 15.1. The fraction of sp³-hybridized carbons (Fsp3) is 0.240. The van der Waals surface area contributed by atoms with Crippen molar-refractivity contribution in [3.8, 4) is 16.9 Å². The van der Waals surface area contributed by atoms with Crippen LogP contribution < -0.4 is 5.32 Å². The number of carbonyl (C=O) groups excluding carboxylic acids is 1. The number of carbonyl (C=O) groups is 1. The summed E-state index contributed by atoms with van der Waals surface area (Å²) in [4.78, 5) is 17.7. The zero-order valence-electron chi connectivity index (χ0n) is 18.1. The van der Waals surface area contributed by atoms with Crippen molar-refractivity contribution >= 4 is 16.8 Å². The molecule has 2 aromatic heterocycles. The zero-order chi connectivity index (χ0) is 21.8. The van der Waals surface area contributed by atoms with E-state index in [1.165, 1.54) is 5.56 Å². The van der Waals surface area contributed by atoms with Crippen LogP contribution in [0.3, 0.4) is 0 Å². The lowest BCUT2D eigenvalue weighted by Crippen LogP contribution is -2.27. The minimum absolute atomic E-state index is 0.142. The molecule has 6 heteroatoms. The van der Waals surface area contributed by atoms with Gasteiger partial charge in [0.2, 0.25) is 0 Å². The number of fused-ring (bicyclic) bond motifs is 1. The van der Waals surface area contributed by atoms with Gasteiger partial charge < -0.3 is 10.1 Å². The lowest BCUT2D eigenvalue weighted by atomic mass is 10.0. The summed E-state index contributed by atoms with van der Waals surface area (Å²) in [6.45, 7) is 5.07. The van der Waals surface area contributed by atoms with E-state index in [4.69, 9.17) is 9.72 Å². The molecule has 0 fully saturated rings. The predicted octanol–water partition coefficient (Wildman–Crippen LogP) is 4.33. The molecule has 0 bridgehead atoms. The lowest BCUT2D eigenvalue weighted by molar-refractivity contribution is 0.0938. The molecule has 0 atom stereocenters. The van der Waals surface area contributed by atoms with E-state index < -0.39 is 0 Å². The quantitative estimate of drug-likeness (QED) is 0.457. The third-order valence-electron chi connectivity index (χ3n) is 5.43. The second-order valence-electron chi connectivity index (χ2n) is 7.40. The van der Waals surface area contributed by atoms with Gasteiger partial charge in [-0.2, -0.15) is 5.10 Å². The SMILES string of the molecule is CCc1ccc(-n2ncc(-c3cc(C(=O)NCCOC)c4ccccc4n3)c2C)cc1. The third-order valence-corrected chi connectivity index (χ3v) is 5.43. The molecule has 1 amide bonds. The summed E-state index contributed by atoms with van der Waals surface area (Å²) in [5.74, 6) is -0.142. The van der Waals surface area contributed by atoms with Crippen molar-refractivity contribution in [2.75, 3.05) is 20.3 Å². The Morgan fingerprint density at radius 1 is 1.13 bits per heavy atom. The number of nitrogens with zero attached hydrogens (tertiary/aromatic N) is 3. The minimum atomic E-state index is -0.142. The van der Waals surface area contributed by atoms with Gasteiger partial charge in [0, 0.05) is 24.6 Å². The Balaban J connectivity index is 1.76. The summed E-state index contributed by atoms with van der Waals surface area (Å²) in [5.41, 5.74) is 6.25. The smallest absolute Gasteiger partial charge is 0.252 e. The van der Waals surface area contributed by atoms with Crippen LogP contribution >= 0.6 is 0 Å². The van der Waals surface area contributed by atoms with E-state index in [9.17, 15) is 4.79 Å². The number of hydrogen-bond donors (Lipinski definition) is 1. The number of rotatable bonds is 7. The summed E-state index contributed by atoms with van der Waals surface area (Å²) < 4.78 is 6.95. The predicted molar refractivity (Wildman–Crippen MR) is 123 cm³/mol. The molecule has 0 spiro atoms. The van der Waals surface area contributed by atoms with Crippen molar-refractivity contribution in [3.63, 3.8) is 0 Å². The van der Waals surface area contributed by atoms with E-state index in [1.54, 1.807) is 7.11 Å². The van der Waals surface area contributed by atoms with Crippen LogP contribution in [-0.4, -0.2) is 40.9 Å². The van der Waals surface area contributed by atoms with Gasteiger partial charge in [0.1, 0.15) is 0 Å². The van der Waals surface area contributed by atoms with Gasteiger partial charge in [-0.15, -0.1) is 0 Å². The normalized spacial score (nSPS) is 11.1.